The zero-order chi connectivity index (χ0) is 5.28. The highest BCUT2D eigenvalue weighted by Crippen LogP contribution is 1.64. The molecule has 0 fully saturated rings. The molecule has 0 saturated carbocycles. The third-order valence-corrected chi connectivity index (χ3v) is 0.825. The van der Waals surface area contributed by atoms with Crippen LogP contribution in [0.1, 0.15) is 1.43 Å². The fourth-order valence-electron chi connectivity index (χ4n) is 0.390. The number of rotatable bonds is 0. The zero-order valence-corrected chi connectivity index (χ0v) is 4.01. The van der Waals surface area contributed by atoms with Crippen LogP contribution < -0.4 is 5.69 Å². The summed E-state index contributed by atoms with van der Waals surface area (Å²) in [6, 6.07) is 0. The van der Waals surface area contributed by atoms with E-state index in [1.165, 1.54) is 4.57 Å². The molecule has 1 N–H and O–H groups in total. The first-order valence-electron chi connectivity index (χ1n) is 2.01. The van der Waals surface area contributed by atoms with E-state index in [1.54, 1.807) is 19.4 Å². The van der Waals surface area contributed by atoms with E-state index in [9.17, 15) is 4.79 Å². The lowest BCUT2D eigenvalue weighted by Crippen LogP contribution is -2.10. The van der Waals surface area contributed by atoms with Gasteiger partial charge in [0.15, 0.2) is 0 Å². The van der Waals surface area contributed by atoms with Crippen molar-refractivity contribution in [3.63, 3.8) is 0 Å². The molecule has 1 aromatic heterocycles. The van der Waals surface area contributed by atoms with Gasteiger partial charge >= 0.3 is 5.69 Å². The maximum Gasteiger partial charge on any atom is 0.325 e. The topological polar surface area (TPSA) is 37.8 Å². The molecular weight excluding hydrogens is 92.1 g/mol. The molecule has 0 aromatic carbocycles. The molecule has 0 unspecified atom stereocenters. The largest absolute Gasteiger partial charge is 0.325 e. The van der Waals surface area contributed by atoms with E-state index in [4.69, 9.17) is 0 Å². The fourth-order valence-corrected chi connectivity index (χ4v) is 0.390. The number of hydrogen-bond donors (Lipinski definition) is 1. The molecule has 1 heterocycles. The highest BCUT2D eigenvalue weighted by molar-refractivity contribution is 4.72. The second-order valence-corrected chi connectivity index (χ2v) is 1.38. The second kappa shape index (κ2) is 1.26. The lowest BCUT2D eigenvalue weighted by atomic mass is 10.9. The Morgan fingerprint density at radius 3 is 2.86 bits per heavy atom. The Morgan fingerprint density at radius 1 is 2.00 bits per heavy atom. The quantitative estimate of drug-likeness (QED) is 0.488. The van der Waals surface area contributed by atoms with Crippen LogP contribution in [0.4, 0.5) is 0 Å². The second-order valence-electron chi connectivity index (χ2n) is 1.38. The van der Waals surface area contributed by atoms with Gasteiger partial charge in [-0.3, -0.25) is 0 Å². The molecule has 0 aliphatic rings. The Balaban J connectivity index is 0.000000490. The van der Waals surface area contributed by atoms with Gasteiger partial charge in [-0.15, -0.1) is 0 Å². The van der Waals surface area contributed by atoms with Crippen LogP contribution in [0.15, 0.2) is 17.2 Å². The molecule has 0 bridgehead atoms. The minimum absolute atomic E-state index is 0. The van der Waals surface area contributed by atoms with E-state index in [-0.39, 0.29) is 7.12 Å². The molecule has 3 nitrogen and oxygen atoms in total. The van der Waals surface area contributed by atoms with Crippen LogP contribution in [-0.4, -0.2) is 9.55 Å². The highest BCUT2D eigenvalue weighted by Gasteiger charge is 1.80. The summed E-state index contributed by atoms with van der Waals surface area (Å²) in [7, 11) is 1.69. The summed E-state index contributed by atoms with van der Waals surface area (Å²) in [5, 5.41) is 0. The number of nitrogens with zero attached hydrogens (tertiary/aromatic N) is 1. The Kier molecular flexibility index (Phi) is 0.749. The summed E-state index contributed by atoms with van der Waals surface area (Å²) in [4.78, 5) is 12.8. The number of aromatic amines is 1. The molecule has 0 radical (unpaired) electrons. The summed E-state index contributed by atoms with van der Waals surface area (Å²) in [5.74, 6) is 0. The molecule has 0 saturated heterocycles. The van der Waals surface area contributed by atoms with Crippen molar-refractivity contribution in [2.75, 3.05) is 0 Å². The van der Waals surface area contributed by atoms with Crippen LogP contribution in [-0.2, 0) is 7.05 Å². The molecule has 7 heavy (non-hydrogen) atoms. The lowest BCUT2D eigenvalue weighted by molar-refractivity contribution is 0.862. The molecule has 0 aliphatic heterocycles. The van der Waals surface area contributed by atoms with Gasteiger partial charge in [0.25, 0.3) is 0 Å². The third-order valence-electron chi connectivity index (χ3n) is 0.825. The van der Waals surface area contributed by atoms with Crippen molar-refractivity contribution in [2.24, 2.45) is 7.05 Å². The van der Waals surface area contributed by atoms with Gasteiger partial charge in [0.1, 0.15) is 0 Å². The first-order chi connectivity index (χ1) is 3.30. The smallest absolute Gasteiger partial charge is 0.313 e. The van der Waals surface area contributed by atoms with Gasteiger partial charge in [-0.05, 0) is 0 Å². The summed E-state index contributed by atoms with van der Waals surface area (Å²) in [6.07, 6.45) is 3.27. The van der Waals surface area contributed by atoms with Crippen LogP contribution in [0, 0.1) is 0 Å². The van der Waals surface area contributed by atoms with E-state index >= 15 is 0 Å². The minimum atomic E-state index is -0.0694. The van der Waals surface area contributed by atoms with Crippen molar-refractivity contribution in [3.8, 4) is 0 Å². The summed E-state index contributed by atoms with van der Waals surface area (Å²) in [5.41, 5.74) is -0.0694. The molecule has 1 aromatic rings. The number of aromatic nitrogens is 2. The van der Waals surface area contributed by atoms with E-state index in [0.717, 1.165) is 0 Å². The van der Waals surface area contributed by atoms with Crippen molar-refractivity contribution in [1.82, 2.24) is 9.55 Å². The van der Waals surface area contributed by atoms with E-state index in [2.05, 4.69) is 4.98 Å². The normalized spacial score (nSPS) is 9.29. The Bertz CT molecular complexity index is 202. The van der Waals surface area contributed by atoms with Gasteiger partial charge in [-0.1, -0.05) is 0 Å². The van der Waals surface area contributed by atoms with Crippen molar-refractivity contribution < 1.29 is 1.43 Å². The average molecular weight is 100 g/mol. The monoisotopic (exact) mass is 100 g/mol. The standard InChI is InChI=1S/C4H6N2O.H2/c1-6-3-2-5-4(6)7;/h2-3H,1H3,(H,5,7);1H. The molecular formula is C4H8N2O. The predicted molar refractivity (Wildman–Crippen MR) is 28.1 cm³/mol. The average Bonchev–Trinajstić information content (AvgIpc) is 1.91. The van der Waals surface area contributed by atoms with Crippen LogP contribution in [0.3, 0.4) is 0 Å². The van der Waals surface area contributed by atoms with Gasteiger partial charge in [-0.2, -0.15) is 0 Å². The van der Waals surface area contributed by atoms with E-state index in [1.807, 2.05) is 0 Å². The van der Waals surface area contributed by atoms with Gasteiger partial charge in [0, 0.05) is 20.9 Å². The maximum absolute atomic E-state index is 10.3. The minimum Gasteiger partial charge on any atom is -0.313 e. The molecule has 40 valence electrons. The molecule has 0 amide bonds. The van der Waals surface area contributed by atoms with E-state index in [0.29, 0.717) is 0 Å². The first-order valence-corrected chi connectivity index (χ1v) is 2.01. The maximum atomic E-state index is 10.3. The van der Waals surface area contributed by atoms with E-state index < -0.39 is 0 Å². The predicted octanol–water partition coefficient (Wildman–Crippen LogP) is -0.0406. The van der Waals surface area contributed by atoms with Crippen LogP contribution in [0.5, 0.6) is 0 Å². The van der Waals surface area contributed by atoms with Crippen molar-refractivity contribution in [3.05, 3.63) is 22.9 Å². The molecule has 1 rings (SSSR count). The van der Waals surface area contributed by atoms with Crippen molar-refractivity contribution in [2.45, 2.75) is 0 Å². The molecule has 0 spiro atoms. The Hall–Kier alpha value is -0.990. The molecule has 0 atom stereocenters. The van der Waals surface area contributed by atoms with Crippen LogP contribution >= 0.6 is 0 Å². The number of aryl methyl sites for hydroxylation is 1. The lowest BCUT2D eigenvalue weighted by Gasteiger charge is -1.76. The summed E-state index contributed by atoms with van der Waals surface area (Å²) >= 11 is 0. The van der Waals surface area contributed by atoms with Crippen LogP contribution in [0.2, 0.25) is 0 Å². The number of H-pyrrole nitrogens is 1. The summed E-state index contributed by atoms with van der Waals surface area (Å²) < 4.78 is 1.47. The van der Waals surface area contributed by atoms with Gasteiger partial charge in [0.2, 0.25) is 0 Å². The van der Waals surface area contributed by atoms with Crippen molar-refractivity contribution >= 4 is 0 Å². The highest BCUT2D eigenvalue weighted by atomic mass is 16.1. The first kappa shape index (κ1) is 4.18. The SMILES string of the molecule is Cn1cc[nH]c1=O.[HH]. The molecule has 3 heteroatoms. The van der Waals surface area contributed by atoms with Crippen molar-refractivity contribution in [1.29, 1.82) is 0 Å². The fraction of sp³-hybridized carbons (Fsp3) is 0.250. The van der Waals surface area contributed by atoms with Gasteiger partial charge in [-0.25, -0.2) is 4.79 Å². The van der Waals surface area contributed by atoms with Gasteiger partial charge < -0.3 is 9.55 Å². The number of imidazole rings is 1. The number of hydrogen-bond acceptors (Lipinski definition) is 1. The Morgan fingerprint density at radius 2 is 2.71 bits per heavy atom. The zero-order valence-electron chi connectivity index (χ0n) is 4.01. The van der Waals surface area contributed by atoms with Gasteiger partial charge in [0.05, 0.1) is 0 Å². The molecule has 0 aliphatic carbocycles. The number of nitrogens with one attached hydrogen (secondary N) is 1. The Labute approximate surface area is 42.1 Å². The summed E-state index contributed by atoms with van der Waals surface area (Å²) in [6.45, 7) is 0. The third kappa shape index (κ3) is 0.559. The van der Waals surface area contributed by atoms with Crippen LogP contribution in [0.25, 0.3) is 0 Å².